The second kappa shape index (κ2) is 7.07. The Bertz CT molecular complexity index is 254. The molecule has 0 aromatic heterocycles. The van der Waals surface area contributed by atoms with Gasteiger partial charge in [0, 0.05) is 44.8 Å². The average Bonchev–Trinajstić information content (AvgIpc) is 2.28. The molecule has 1 fully saturated rings. The summed E-state index contributed by atoms with van der Waals surface area (Å²) >= 11 is 0. The van der Waals surface area contributed by atoms with Crippen molar-refractivity contribution < 1.29 is 4.79 Å². The molecule has 1 aliphatic heterocycles. The van der Waals surface area contributed by atoms with E-state index in [4.69, 9.17) is 0 Å². The number of nitrogens with zero attached hydrogens (tertiary/aromatic N) is 2. The van der Waals surface area contributed by atoms with Gasteiger partial charge in [-0.1, -0.05) is 0 Å². The number of carbonyl (C=O) groups excluding carboxylic acids is 1. The molecule has 1 amide bonds. The summed E-state index contributed by atoms with van der Waals surface area (Å²) in [6, 6.07) is 0. The molecule has 106 valence electrons. The zero-order chi connectivity index (χ0) is 13.6. The van der Waals surface area contributed by atoms with E-state index in [1.54, 1.807) is 0 Å². The van der Waals surface area contributed by atoms with Gasteiger partial charge in [0.15, 0.2) is 0 Å². The first-order chi connectivity index (χ1) is 8.37. The summed E-state index contributed by atoms with van der Waals surface area (Å²) in [6.07, 6.45) is 0. The van der Waals surface area contributed by atoms with Crippen LogP contribution in [0, 0.1) is 0 Å². The van der Waals surface area contributed by atoms with Gasteiger partial charge >= 0.3 is 0 Å². The molecule has 0 aromatic carbocycles. The van der Waals surface area contributed by atoms with Crippen molar-refractivity contribution in [3.63, 3.8) is 0 Å². The van der Waals surface area contributed by atoms with Gasteiger partial charge in [0.25, 0.3) is 0 Å². The fourth-order valence-corrected chi connectivity index (χ4v) is 1.83. The molecular formula is C13H28N4O. The van der Waals surface area contributed by atoms with Crippen LogP contribution >= 0.6 is 0 Å². The Balaban J connectivity index is 2.05. The van der Waals surface area contributed by atoms with Crippen molar-refractivity contribution in [2.75, 3.05) is 52.9 Å². The molecule has 5 nitrogen and oxygen atoms in total. The van der Waals surface area contributed by atoms with E-state index < -0.39 is 0 Å². The number of likely N-dealkylation sites (N-methyl/N-ethyl adjacent to an activating group) is 1. The third-order valence-electron chi connectivity index (χ3n) is 3.13. The minimum atomic E-state index is -0.00516. The molecule has 0 aliphatic carbocycles. The number of nitrogens with one attached hydrogen (secondary N) is 2. The van der Waals surface area contributed by atoms with Gasteiger partial charge in [0.1, 0.15) is 0 Å². The maximum atomic E-state index is 11.6. The maximum absolute atomic E-state index is 11.6. The smallest absolute Gasteiger partial charge is 0.234 e. The highest BCUT2D eigenvalue weighted by Gasteiger charge is 2.14. The lowest BCUT2D eigenvalue weighted by molar-refractivity contribution is -0.120. The summed E-state index contributed by atoms with van der Waals surface area (Å²) in [7, 11) is 2.15. The molecule has 0 spiro atoms. The summed E-state index contributed by atoms with van der Waals surface area (Å²) in [4.78, 5) is 16.3. The molecule has 1 aliphatic rings. The predicted molar refractivity (Wildman–Crippen MR) is 74.7 cm³/mol. The van der Waals surface area contributed by atoms with Gasteiger partial charge in [0.2, 0.25) is 5.91 Å². The van der Waals surface area contributed by atoms with Crippen molar-refractivity contribution in [3.05, 3.63) is 0 Å². The number of amides is 1. The van der Waals surface area contributed by atoms with Crippen LogP contribution < -0.4 is 10.6 Å². The maximum Gasteiger partial charge on any atom is 0.234 e. The minimum Gasteiger partial charge on any atom is -0.354 e. The van der Waals surface area contributed by atoms with Crippen LogP contribution in [0.2, 0.25) is 0 Å². The third-order valence-corrected chi connectivity index (χ3v) is 3.13. The monoisotopic (exact) mass is 256 g/mol. The number of hydrogen-bond acceptors (Lipinski definition) is 4. The lowest BCUT2D eigenvalue weighted by Gasteiger charge is -2.32. The highest BCUT2D eigenvalue weighted by Crippen LogP contribution is 1.98. The topological polar surface area (TPSA) is 47.6 Å². The molecule has 1 rings (SSSR count). The summed E-state index contributed by atoms with van der Waals surface area (Å²) in [5, 5.41) is 6.14. The van der Waals surface area contributed by atoms with Gasteiger partial charge in [-0.15, -0.1) is 0 Å². The Hall–Kier alpha value is -0.650. The second-order valence-corrected chi connectivity index (χ2v) is 6.10. The van der Waals surface area contributed by atoms with Gasteiger partial charge in [-0.3, -0.25) is 9.69 Å². The fourth-order valence-electron chi connectivity index (χ4n) is 1.83. The van der Waals surface area contributed by atoms with Gasteiger partial charge in [-0.25, -0.2) is 0 Å². The SMILES string of the molecule is CN1CCN(CCNC(=O)CNC(C)(C)C)CC1. The van der Waals surface area contributed by atoms with Crippen LogP contribution in [-0.4, -0.2) is 74.1 Å². The summed E-state index contributed by atoms with van der Waals surface area (Å²) < 4.78 is 0. The molecule has 0 atom stereocenters. The normalized spacial score (nSPS) is 18.9. The summed E-state index contributed by atoms with van der Waals surface area (Å²) in [6.45, 7) is 12.7. The molecule has 5 heteroatoms. The third kappa shape index (κ3) is 6.93. The molecule has 0 saturated carbocycles. The van der Waals surface area contributed by atoms with Crippen molar-refractivity contribution in [2.45, 2.75) is 26.3 Å². The van der Waals surface area contributed by atoms with Crippen molar-refractivity contribution in [2.24, 2.45) is 0 Å². The Morgan fingerprint density at radius 3 is 2.33 bits per heavy atom. The van der Waals surface area contributed by atoms with Crippen molar-refractivity contribution in [1.82, 2.24) is 20.4 Å². The van der Waals surface area contributed by atoms with Crippen LogP contribution in [0.1, 0.15) is 20.8 Å². The first-order valence-corrected chi connectivity index (χ1v) is 6.79. The Morgan fingerprint density at radius 1 is 1.17 bits per heavy atom. The minimum absolute atomic E-state index is 0.00516. The largest absolute Gasteiger partial charge is 0.354 e. The zero-order valence-electron chi connectivity index (χ0n) is 12.3. The van der Waals surface area contributed by atoms with Gasteiger partial charge in [-0.2, -0.15) is 0 Å². The first-order valence-electron chi connectivity index (χ1n) is 6.79. The second-order valence-electron chi connectivity index (χ2n) is 6.10. The van der Waals surface area contributed by atoms with Crippen LogP contribution in [0.25, 0.3) is 0 Å². The zero-order valence-corrected chi connectivity index (χ0v) is 12.3. The molecule has 0 radical (unpaired) electrons. The van der Waals surface area contributed by atoms with E-state index in [0.29, 0.717) is 6.54 Å². The van der Waals surface area contributed by atoms with E-state index in [-0.39, 0.29) is 11.4 Å². The standard InChI is InChI=1S/C13H28N4O/c1-13(2,3)15-11-12(18)14-5-6-17-9-7-16(4)8-10-17/h15H,5-11H2,1-4H3,(H,14,18). The molecule has 1 heterocycles. The number of carbonyl (C=O) groups is 1. The average molecular weight is 256 g/mol. The van der Waals surface area contributed by atoms with Crippen LogP contribution in [0.15, 0.2) is 0 Å². The number of rotatable bonds is 5. The predicted octanol–water partition coefficient (Wildman–Crippen LogP) is -0.262. The van der Waals surface area contributed by atoms with Gasteiger partial charge < -0.3 is 15.5 Å². The van der Waals surface area contributed by atoms with Crippen LogP contribution in [0.5, 0.6) is 0 Å². The first kappa shape index (κ1) is 15.4. The molecule has 1 saturated heterocycles. The molecule has 2 N–H and O–H groups in total. The quantitative estimate of drug-likeness (QED) is 0.711. The van der Waals surface area contributed by atoms with Crippen LogP contribution in [0.3, 0.4) is 0 Å². The number of hydrogen-bond donors (Lipinski definition) is 2. The lowest BCUT2D eigenvalue weighted by atomic mass is 10.1. The fraction of sp³-hybridized carbons (Fsp3) is 0.923. The summed E-state index contributed by atoms with van der Waals surface area (Å²) in [5.41, 5.74) is -0.00516. The van der Waals surface area contributed by atoms with Crippen LogP contribution in [-0.2, 0) is 4.79 Å². The van der Waals surface area contributed by atoms with Crippen molar-refractivity contribution in [1.29, 1.82) is 0 Å². The van der Waals surface area contributed by atoms with Gasteiger partial charge in [-0.05, 0) is 27.8 Å². The Labute approximate surface area is 111 Å². The molecular weight excluding hydrogens is 228 g/mol. The number of piperazine rings is 1. The lowest BCUT2D eigenvalue weighted by Crippen LogP contribution is -2.48. The molecule has 0 unspecified atom stereocenters. The van der Waals surface area contributed by atoms with E-state index in [0.717, 1.165) is 39.3 Å². The van der Waals surface area contributed by atoms with E-state index in [9.17, 15) is 4.79 Å². The van der Waals surface area contributed by atoms with E-state index in [1.165, 1.54) is 0 Å². The van der Waals surface area contributed by atoms with E-state index in [1.807, 2.05) is 0 Å². The molecule has 0 aromatic rings. The van der Waals surface area contributed by atoms with E-state index >= 15 is 0 Å². The van der Waals surface area contributed by atoms with E-state index in [2.05, 4.69) is 48.3 Å². The van der Waals surface area contributed by atoms with Crippen LogP contribution in [0.4, 0.5) is 0 Å². The molecule has 0 bridgehead atoms. The highest BCUT2D eigenvalue weighted by atomic mass is 16.1. The Morgan fingerprint density at radius 2 is 1.78 bits per heavy atom. The van der Waals surface area contributed by atoms with Crippen molar-refractivity contribution in [3.8, 4) is 0 Å². The van der Waals surface area contributed by atoms with Crippen molar-refractivity contribution >= 4 is 5.91 Å². The highest BCUT2D eigenvalue weighted by molar-refractivity contribution is 5.78. The van der Waals surface area contributed by atoms with Gasteiger partial charge in [0.05, 0.1) is 6.54 Å². The Kier molecular flexibility index (Phi) is 6.05. The summed E-state index contributed by atoms with van der Waals surface area (Å²) in [5.74, 6) is 0.0825. The molecule has 18 heavy (non-hydrogen) atoms.